The third-order valence-corrected chi connectivity index (χ3v) is 7.23. The first-order chi connectivity index (χ1) is 14.5. The lowest BCUT2D eigenvalue weighted by Gasteiger charge is -2.33. The number of anilines is 1. The maximum atomic E-state index is 13.2. The molecule has 2 aliphatic heterocycles. The van der Waals surface area contributed by atoms with Crippen molar-refractivity contribution in [2.45, 2.75) is 76.0 Å². The Morgan fingerprint density at radius 3 is 2.63 bits per heavy atom. The molecule has 0 aromatic heterocycles. The Hall–Kier alpha value is -2.41. The van der Waals surface area contributed by atoms with E-state index in [0.29, 0.717) is 24.6 Å². The van der Waals surface area contributed by atoms with Crippen LogP contribution in [0.1, 0.15) is 67.3 Å². The predicted octanol–water partition coefficient (Wildman–Crippen LogP) is 1.93. The van der Waals surface area contributed by atoms with Gasteiger partial charge in [-0.3, -0.25) is 19.7 Å². The number of nitrogens with one attached hydrogen (secondary N) is 1. The molecule has 1 saturated heterocycles. The van der Waals surface area contributed by atoms with Gasteiger partial charge in [-0.25, -0.2) is 0 Å². The Balaban J connectivity index is 1.43. The number of amides is 3. The van der Waals surface area contributed by atoms with Gasteiger partial charge >= 0.3 is 0 Å². The summed E-state index contributed by atoms with van der Waals surface area (Å²) >= 11 is 0. The molecule has 1 unspecified atom stereocenters. The number of nitrogens with two attached hydrogens (primary N) is 1. The van der Waals surface area contributed by atoms with Gasteiger partial charge in [0.05, 0.1) is 0 Å². The number of fused-ring (bicyclic) bond motifs is 1. The molecular formula is C23H30N4O3. The van der Waals surface area contributed by atoms with E-state index in [-0.39, 0.29) is 30.2 Å². The minimum absolute atomic E-state index is 0.105. The summed E-state index contributed by atoms with van der Waals surface area (Å²) in [6, 6.07) is 6.03. The lowest BCUT2D eigenvalue weighted by Crippen LogP contribution is -2.52. The molecule has 3 amide bonds. The summed E-state index contributed by atoms with van der Waals surface area (Å²) in [4.78, 5) is 41.2. The van der Waals surface area contributed by atoms with E-state index >= 15 is 0 Å². The first-order valence-corrected chi connectivity index (χ1v) is 11.3. The van der Waals surface area contributed by atoms with Crippen LogP contribution >= 0.6 is 0 Å². The van der Waals surface area contributed by atoms with Crippen molar-refractivity contribution in [2.24, 2.45) is 11.7 Å². The Kier molecular flexibility index (Phi) is 5.01. The van der Waals surface area contributed by atoms with Gasteiger partial charge < -0.3 is 15.5 Å². The zero-order valence-electron chi connectivity index (χ0n) is 17.3. The van der Waals surface area contributed by atoms with Gasteiger partial charge in [0.15, 0.2) is 0 Å². The van der Waals surface area contributed by atoms with Crippen molar-refractivity contribution in [2.75, 3.05) is 11.4 Å². The van der Waals surface area contributed by atoms with Crippen LogP contribution in [0.2, 0.25) is 0 Å². The lowest BCUT2D eigenvalue weighted by atomic mass is 10.0. The summed E-state index contributed by atoms with van der Waals surface area (Å²) < 4.78 is 0. The monoisotopic (exact) mass is 410 g/mol. The molecule has 2 heterocycles. The summed E-state index contributed by atoms with van der Waals surface area (Å²) in [5, 5.41) is 2.38. The van der Waals surface area contributed by atoms with Crippen LogP contribution in [-0.4, -0.2) is 47.3 Å². The lowest BCUT2D eigenvalue weighted by molar-refractivity contribution is -0.136. The fraction of sp³-hybridized carbons (Fsp3) is 0.609. The van der Waals surface area contributed by atoms with E-state index in [2.05, 4.69) is 16.3 Å². The molecule has 30 heavy (non-hydrogen) atoms. The molecule has 0 spiro atoms. The fourth-order valence-corrected chi connectivity index (χ4v) is 5.34. The number of piperidine rings is 1. The number of nitrogens with zero attached hydrogens (tertiary/aromatic N) is 2. The molecule has 1 aromatic carbocycles. The molecule has 160 valence electrons. The van der Waals surface area contributed by atoms with Crippen LogP contribution in [-0.2, 0) is 16.1 Å². The number of hydrogen-bond donors (Lipinski definition) is 2. The highest BCUT2D eigenvalue weighted by Crippen LogP contribution is 2.39. The summed E-state index contributed by atoms with van der Waals surface area (Å²) in [6.07, 6.45) is 7.61. The summed E-state index contributed by atoms with van der Waals surface area (Å²) in [7, 11) is 0. The van der Waals surface area contributed by atoms with Crippen LogP contribution in [0.15, 0.2) is 18.2 Å². The van der Waals surface area contributed by atoms with Crippen molar-refractivity contribution in [3.63, 3.8) is 0 Å². The summed E-state index contributed by atoms with van der Waals surface area (Å²) in [6.45, 7) is 1.42. The van der Waals surface area contributed by atoms with Crippen LogP contribution in [0.5, 0.6) is 0 Å². The standard InChI is InChI=1S/C23H30N4O3/c24-15-6-7-16(12-15)26(11-10-14-4-5-14)19-3-1-2-17-18(19)13-27(23(17)30)20-8-9-21(28)25-22(20)29/h1-3,14-16,20H,4-13,24H2,(H,25,28,29)/t15-,16+,20?/m0/s1. The number of rotatable bonds is 6. The van der Waals surface area contributed by atoms with Gasteiger partial charge in [0.2, 0.25) is 11.8 Å². The molecule has 3 N–H and O–H groups in total. The average molecular weight is 411 g/mol. The maximum Gasteiger partial charge on any atom is 0.255 e. The zero-order valence-corrected chi connectivity index (χ0v) is 17.3. The molecule has 2 saturated carbocycles. The topological polar surface area (TPSA) is 95.7 Å². The van der Waals surface area contributed by atoms with Crippen LogP contribution in [0.4, 0.5) is 5.69 Å². The second-order valence-corrected chi connectivity index (χ2v) is 9.36. The Morgan fingerprint density at radius 2 is 1.93 bits per heavy atom. The summed E-state index contributed by atoms with van der Waals surface area (Å²) in [5.41, 5.74) is 9.06. The first kappa shape index (κ1) is 19.5. The number of imide groups is 1. The maximum absolute atomic E-state index is 13.2. The molecular weight excluding hydrogens is 380 g/mol. The van der Waals surface area contributed by atoms with Gasteiger partial charge in [-0.1, -0.05) is 18.9 Å². The average Bonchev–Trinajstić information content (AvgIpc) is 3.36. The minimum Gasteiger partial charge on any atom is -0.368 e. The van der Waals surface area contributed by atoms with Gasteiger partial charge in [-0.2, -0.15) is 0 Å². The highest BCUT2D eigenvalue weighted by molar-refractivity contribution is 6.06. The van der Waals surface area contributed by atoms with Crippen molar-refractivity contribution >= 4 is 23.4 Å². The van der Waals surface area contributed by atoms with Crippen LogP contribution in [0, 0.1) is 5.92 Å². The Bertz CT molecular complexity index is 881. The zero-order chi connectivity index (χ0) is 20.8. The van der Waals surface area contributed by atoms with Crippen molar-refractivity contribution in [3.8, 4) is 0 Å². The SMILES string of the molecule is N[C@H]1CC[C@@H](N(CCC2CC2)c2cccc3c2CN(C2CCC(=O)NC2=O)C3=O)C1. The molecule has 3 atom stereocenters. The fourth-order valence-electron chi connectivity index (χ4n) is 5.34. The first-order valence-electron chi connectivity index (χ1n) is 11.3. The highest BCUT2D eigenvalue weighted by atomic mass is 16.2. The molecule has 7 nitrogen and oxygen atoms in total. The van der Waals surface area contributed by atoms with E-state index in [1.807, 2.05) is 12.1 Å². The quantitative estimate of drug-likeness (QED) is 0.699. The largest absolute Gasteiger partial charge is 0.368 e. The number of carbonyl (C=O) groups excluding carboxylic acids is 3. The van der Waals surface area contributed by atoms with Crippen LogP contribution < -0.4 is 16.0 Å². The second-order valence-electron chi connectivity index (χ2n) is 9.36. The molecule has 5 rings (SSSR count). The smallest absolute Gasteiger partial charge is 0.255 e. The number of benzene rings is 1. The van der Waals surface area contributed by atoms with Crippen LogP contribution in [0.25, 0.3) is 0 Å². The van der Waals surface area contributed by atoms with E-state index in [4.69, 9.17) is 5.73 Å². The molecule has 0 radical (unpaired) electrons. The molecule has 4 aliphatic rings. The van der Waals surface area contributed by atoms with Gasteiger partial charge in [0, 0.05) is 48.4 Å². The van der Waals surface area contributed by atoms with E-state index in [0.717, 1.165) is 43.0 Å². The van der Waals surface area contributed by atoms with Gasteiger partial charge in [-0.15, -0.1) is 0 Å². The van der Waals surface area contributed by atoms with Crippen molar-refractivity contribution in [3.05, 3.63) is 29.3 Å². The molecule has 7 heteroatoms. The second kappa shape index (κ2) is 7.69. The molecule has 2 aliphatic carbocycles. The predicted molar refractivity (Wildman–Crippen MR) is 113 cm³/mol. The van der Waals surface area contributed by atoms with Gasteiger partial charge in [0.1, 0.15) is 6.04 Å². The number of hydrogen-bond acceptors (Lipinski definition) is 5. The normalized spacial score (nSPS) is 28.6. The van der Waals surface area contributed by atoms with Gasteiger partial charge in [0.25, 0.3) is 5.91 Å². The Morgan fingerprint density at radius 1 is 1.10 bits per heavy atom. The van der Waals surface area contributed by atoms with E-state index in [1.54, 1.807) is 4.90 Å². The molecule has 3 fully saturated rings. The van der Waals surface area contributed by atoms with Crippen molar-refractivity contribution in [1.82, 2.24) is 10.2 Å². The van der Waals surface area contributed by atoms with Crippen LogP contribution in [0.3, 0.4) is 0 Å². The van der Waals surface area contributed by atoms with Crippen molar-refractivity contribution in [1.29, 1.82) is 0 Å². The molecule has 1 aromatic rings. The van der Waals surface area contributed by atoms with E-state index in [1.165, 1.54) is 19.3 Å². The molecule has 0 bridgehead atoms. The minimum atomic E-state index is -0.574. The third kappa shape index (κ3) is 3.60. The van der Waals surface area contributed by atoms with Crippen molar-refractivity contribution < 1.29 is 14.4 Å². The Labute approximate surface area is 177 Å². The van der Waals surface area contributed by atoms with E-state index in [9.17, 15) is 14.4 Å². The van der Waals surface area contributed by atoms with E-state index < -0.39 is 6.04 Å². The number of carbonyl (C=O) groups is 3. The highest BCUT2D eigenvalue weighted by Gasteiger charge is 2.41. The van der Waals surface area contributed by atoms with Gasteiger partial charge in [-0.05, 0) is 50.2 Å². The third-order valence-electron chi connectivity index (χ3n) is 7.23. The summed E-state index contributed by atoms with van der Waals surface area (Å²) in [5.74, 6) is 0.110.